The van der Waals surface area contributed by atoms with Gasteiger partial charge in [-0.2, -0.15) is 0 Å². The summed E-state index contributed by atoms with van der Waals surface area (Å²) >= 11 is 0. The highest BCUT2D eigenvalue weighted by Crippen LogP contribution is 2.04. The monoisotopic (exact) mass is 222 g/mol. The minimum absolute atomic E-state index is 0.0879. The van der Waals surface area contributed by atoms with Gasteiger partial charge in [-0.1, -0.05) is 0 Å². The van der Waals surface area contributed by atoms with Gasteiger partial charge in [-0.3, -0.25) is 4.98 Å². The predicted octanol–water partition coefficient (Wildman–Crippen LogP) is 1.10. The van der Waals surface area contributed by atoms with Gasteiger partial charge in [-0.25, -0.2) is 4.79 Å². The van der Waals surface area contributed by atoms with Crippen molar-refractivity contribution in [3.63, 3.8) is 0 Å². The minimum atomic E-state index is -0.396. The molecule has 1 aromatic rings. The molecule has 1 aliphatic heterocycles. The standard InChI is InChI=1S/C11H14N2O3/c14-11(13-10-3-6-15-8-10)16-7-9-1-4-12-5-2-9/h1-2,4-5,10H,3,6-8H2,(H,13,14)/t10-/m1/s1. The van der Waals surface area contributed by atoms with E-state index >= 15 is 0 Å². The highest BCUT2D eigenvalue weighted by Gasteiger charge is 2.18. The molecule has 5 nitrogen and oxygen atoms in total. The van der Waals surface area contributed by atoms with E-state index in [4.69, 9.17) is 9.47 Å². The van der Waals surface area contributed by atoms with Crippen molar-refractivity contribution < 1.29 is 14.3 Å². The molecule has 2 heterocycles. The van der Waals surface area contributed by atoms with E-state index in [1.165, 1.54) is 0 Å². The van der Waals surface area contributed by atoms with Gasteiger partial charge in [0.15, 0.2) is 0 Å². The molecule has 0 aliphatic carbocycles. The fraction of sp³-hybridized carbons (Fsp3) is 0.455. The van der Waals surface area contributed by atoms with Crippen molar-refractivity contribution >= 4 is 6.09 Å². The zero-order valence-electron chi connectivity index (χ0n) is 8.89. The van der Waals surface area contributed by atoms with Crippen molar-refractivity contribution in [1.82, 2.24) is 10.3 Å². The van der Waals surface area contributed by atoms with Gasteiger partial charge in [-0.15, -0.1) is 0 Å². The molecule has 86 valence electrons. The average molecular weight is 222 g/mol. The van der Waals surface area contributed by atoms with E-state index in [1.54, 1.807) is 12.4 Å². The Morgan fingerprint density at radius 3 is 3.06 bits per heavy atom. The van der Waals surface area contributed by atoms with E-state index in [0.29, 0.717) is 13.2 Å². The molecular formula is C11H14N2O3. The van der Waals surface area contributed by atoms with Crippen molar-refractivity contribution in [2.45, 2.75) is 19.1 Å². The maximum atomic E-state index is 11.4. The largest absolute Gasteiger partial charge is 0.445 e. The first-order chi connectivity index (χ1) is 7.84. The Bertz CT molecular complexity index is 336. The van der Waals surface area contributed by atoms with Crippen LogP contribution in [0.2, 0.25) is 0 Å². The third-order valence-electron chi connectivity index (χ3n) is 2.37. The summed E-state index contributed by atoms with van der Waals surface area (Å²) in [5.41, 5.74) is 0.924. The van der Waals surface area contributed by atoms with Crippen LogP contribution >= 0.6 is 0 Å². The molecule has 0 radical (unpaired) electrons. The summed E-state index contributed by atoms with van der Waals surface area (Å²) in [5.74, 6) is 0. The number of carbonyl (C=O) groups excluding carboxylic acids is 1. The Morgan fingerprint density at radius 2 is 2.38 bits per heavy atom. The second-order valence-corrected chi connectivity index (χ2v) is 3.64. The van der Waals surface area contributed by atoms with E-state index < -0.39 is 6.09 Å². The summed E-state index contributed by atoms with van der Waals surface area (Å²) in [6.07, 6.45) is 3.79. The molecule has 1 aliphatic rings. The van der Waals surface area contributed by atoms with Gasteiger partial charge in [0.05, 0.1) is 12.6 Å². The van der Waals surface area contributed by atoms with Crippen molar-refractivity contribution in [1.29, 1.82) is 0 Å². The number of hydrogen-bond acceptors (Lipinski definition) is 4. The number of rotatable bonds is 3. The van der Waals surface area contributed by atoms with Crippen LogP contribution in [0.5, 0.6) is 0 Å². The smallest absolute Gasteiger partial charge is 0.407 e. The Morgan fingerprint density at radius 1 is 1.56 bits per heavy atom. The topological polar surface area (TPSA) is 60.5 Å². The maximum absolute atomic E-state index is 11.4. The molecule has 0 aromatic carbocycles. The molecule has 0 spiro atoms. The zero-order chi connectivity index (χ0) is 11.2. The van der Waals surface area contributed by atoms with Gasteiger partial charge in [-0.05, 0) is 24.1 Å². The van der Waals surface area contributed by atoms with Crippen LogP contribution in [0.4, 0.5) is 4.79 Å². The zero-order valence-corrected chi connectivity index (χ0v) is 8.89. The number of ether oxygens (including phenoxy) is 2. The van der Waals surface area contributed by atoms with E-state index in [2.05, 4.69) is 10.3 Å². The molecule has 5 heteroatoms. The normalized spacial score (nSPS) is 19.4. The fourth-order valence-corrected chi connectivity index (χ4v) is 1.48. The molecule has 0 saturated carbocycles. The predicted molar refractivity (Wildman–Crippen MR) is 56.8 cm³/mol. The first kappa shape index (κ1) is 10.9. The number of pyridine rings is 1. The number of aromatic nitrogens is 1. The highest BCUT2D eigenvalue weighted by atomic mass is 16.5. The number of amides is 1. The van der Waals surface area contributed by atoms with Crippen molar-refractivity contribution in [3.05, 3.63) is 30.1 Å². The van der Waals surface area contributed by atoms with Crippen LogP contribution < -0.4 is 5.32 Å². The van der Waals surface area contributed by atoms with Crippen LogP contribution in [-0.4, -0.2) is 30.3 Å². The summed E-state index contributed by atoms with van der Waals surface area (Å²) in [6, 6.07) is 3.71. The van der Waals surface area contributed by atoms with E-state index in [-0.39, 0.29) is 12.6 Å². The number of alkyl carbamates (subject to hydrolysis) is 1. The number of nitrogens with one attached hydrogen (secondary N) is 1. The van der Waals surface area contributed by atoms with E-state index in [9.17, 15) is 4.79 Å². The van der Waals surface area contributed by atoms with Crippen LogP contribution in [0, 0.1) is 0 Å². The Balaban J connectivity index is 1.71. The van der Waals surface area contributed by atoms with Gasteiger partial charge in [0.25, 0.3) is 0 Å². The lowest BCUT2D eigenvalue weighted by Gasteiger charge is -2.10. The van der Waals surface area contributed by atoms with Crippen LogP contribution in [0.1, 0.15) is 12.0 Å². The van der Waals surface area contributed by atoms with Crippen molar-refractivity contribution in [3.8, 4) is 0 Å². The third-order valence-corrected chi connectivity index (χ3v) is 2.37. The lowest BCUT2D eigenvalue weighted by Crippen LogP contribution is -2.35. The Hall–Kier alpha value is -1.62. The van der Waals surface area contributed by atoms with Crippen LogP contribution in [-0.2, 0) is 16.1 Å². The van der Waals surface area contributed by atoms with Gasteiger partial charge in [0.2, 0.25) is 0 Å². The SMILES string of the molecule is O=C(N[C@@H]1CCOC1)OCc1ccncc1. The third kappa shape index (κ3) is 3.20. The summed E-state index contributed by atoms with van der Waals surface area (Å²) in [5, 5.41) is 2.75. The van der Waals surface area contributed by atoms with Gasteiger partial charge >= 0.3 is 6.09 Å². The molecule has 16 heavy (non-hydrogen) atoms. The summed E-state index contributed by atoms with van der Waals surface area (Å²) < 4.78 is 10.2. The molecule has 0 bridgehead atoms. The second kappa shape index (κ2) is 5.46. The van der Waals surface area contributed by atoms with Crippen molar-refractivity contribution in [2.75, 3.05) is 13.2 Å². The Kier molecular flexibility index (Phi) is 3.71. The van der Waals surface area contributed by atoms with Crippen LogP contribution in [0.15, 0.2) is 24.5 Å². The minimum Gasteiger partial charge on any atom is -0.445 e. The lowest BCUT2D eigenvalue weighted by atomic mass is 10.3. The maximum Gasteiger partial charge on any atom is 0.407 e. The van der Waals surface area contributed by atoms with Gasteiger partial charge in [0.1, 0.15) is 6.61 Å². The molecule has 1 aromatic heterocycles. The molecule has 2 rings (SSSR count). The molecule has 1 amide bonds. The molecule has 1 atom stereocenters. The first-order valence-electron chi connectivity index (χ1n) is 5.24. The molecule has 1 saturated heterocycles. The molecule has 0 unspecified atom stereocenters. The Labute approximate surface area is 93.8 Å². The van der Waals surface area contributed by atoms with Gasteiger partial charge in [0, 0.05) is 19.0 Å². The fourth-order valence-electron chi connectivity index (χ4n) is 1.48. The van der Waals surface area contributed by atoms with E-state index in [0.717, 1.165) is 12.0 Å². The summed E-state index contributed by atoms with van der Waals surface area (Å²) in [7, 11) is 0. The van der Waals surface area contributed by atoms with Crippen LogP contribution in [0.3, 0.4) is 0 Å². The highest BCUT2D eigenvalue weighted by molar-refractivity contribution is 5.67. The molecule has 1 N–H and O–H groups in total. The summed E-state index contributed by atoms with van der Waals surface area (Å²) in [4.78, 5) is 15.3. The van der Waals surface area contributed by atoms with Gasteiger partial charge < -0.3 is 14.8 Å². The number of hydrogen-bond donors (Lipinski definition) is 1. The van der Waals surface area contributed by atoms with Crippen LogP contribution in [0.25, 0.3) is 0 Å². The lowest BCUT2D eigenvalue weighted by molar-refractivity contribution is 0.132. The molecule has 1 fully saturated rings. The van der Waals surface area contributed by atoms with E-state index in [1.807, 2.05) is 12.1 Å². The average Bonchev–Trinajstić information content (AvgIpc) is 2.81. The second-order valence-electron chi connectivity index (χ2n) is 3.64. The first-order valence-corrected chi connectivity index (χ1v) is 5.24. The number of nitrogens with zero attached hydrogens (tertiary/aromatic N) is 1. The molecular weight excluding hydrogens is 208 g/mol. The quantitative estimate of drug-likeness (QED) is 0.831. The summed E-state index contributed by atoms with van der Waals surface area (Å²) in [6.45, 7) is 1.54. The van der Waals surface area contributed by atoms with Crippen molar-refractivity contribution in [2.24, 2.45) is 0 Å². The number of carbonyl (C=O) groups is 1.